The average Bonchev–Trinajstić information content (AvgIpc) is 2.64. The molecular weight excluding hydrogens is 290 g/mol. The first-order valence-corrected chi connectivity index (χ1v) is 8.24. The molecule has 8 heteroatoms. The highest BCUT2D eigenvalue weighted by atomic mass is 35.5. The van der Waals surface area contributed by atoms with Gasteiger partial charge >= 0.3 is 0 Å². The molecule has 1 unspecified atom stereocenters. The van der Waals surface area contributed by atoms with Crippen LogP contribution in [0.2, 0.25) is 5.02 Å². The quantitative estimate of drug-likeness (QED) is 0.903. The molecule has 0 amide bonds. The maximum atomic E-state index is 11.9. The summed E-state index contributed by atoms with van der Waals surface area (Å²) in [6, 6.07) is -0.287. The second kappa shape index (κ2) is 5.13. The highest BCUT2D eigenvalue weighted by molar-refractivity contribution is 7.91. The van der Waals surface area contributed by atoms with Gasteiger partial charge in [0.05, 0.1) is 29.4 Å². The van der Waals surface area contributed by atoms with E-state index in [1.165, 1.54) is 10.9 Å². The summed E-state index contributed by atoms with van der Waals surface area (Å²) in [5, 5.41) is 7.06. The summed E-state index contributed by atoms with van der Waals surface area (Å²) >= 11 is 6.01. The fraction of sp³-hybridized carbons (Fsp3) is 0.636. The number of rotatable bonds is 3. The fourth-order valence-corrected chi connectivity index (χ4v) is 3.91. The van der Waals surface area contributed by atoms with Crippen molar-refractivity contribution in [2.24, 2.45) is 0 Å². The highest BCUT2D eigenvalue weighted by Crippen LogP contribution is 2.21. The van der Waals surface area contributed by atoms with E-state index in [1.54, 1.807) is 0 Å². The van der Waals surface area contributed by atoms with Crippen molar-refractivity contribution in [1.82, 2.24) is 9.78 Å². The summed E-state index contributed by atoms with van der Waals surface area (Å²) in [6.45, 7) is 3.67. The van der Waals surface area contributed by atoms with Gasteiger partial charge in [0, 0.05) is 6.04 Å². The van der Waals surface area contributed by atoms with Crippen molar-refractivity contribution in [2.75, 3.05) is 16.8 Å². The van der Waals surface area contributed by atoms with Gasteiger partial charge in [0.2, 0.25) is 0 Å². The van der Waals surface area contributed by atoms with Gasteiger partial charge in [-0.25, -0.2) is 13.1 Å². The zero-order valence-corrected chi connectivity index (χ0v) is 12.3. The van der Waals surface area contributed by atoms with Crippen LogP contribution in [0.5, 0.6) is 0 Å². The topological polar surface area (TPSA) is 81.1 Å². The molecule has 1 aromatic heterocycles. The highest BCUT2D eigenvalue weighted by Gasteiger charge is 2.28. The third kappa shape index (κ3) is 3.09. The first-order chi connectivity index (χ1) is 8.80. The number of anilines is 1. The van der Waals surface area contributed by atoms with Crippen LogP contribution in [-0.2, 0) is 9.84 Å². The molecule has 1 atom stereocenters. The number of halogens is 1. The van der Waals surface area contributed by atoms with Crippen molar-refractivity contribution in [2.45, 2.75) is 32.4 Å². The van der Waals surface area contributed by atoms with Crippen LogP contribution in [0.25, 0.3) is 0 Å². The molecule has 2 heterocycles. The molecular formula is C11H16ClN3O3S. The van der Waals surface area contributed by atoms with Crippen LogP contribution < -0.4 is 10.9 Å². The lowest BCUT2D eigenvalue weighted by atomic mass is 10.2. The molecule has 2 rings (SSSR count). The maximum absolute atomic E-state index is 11.9. The van der Waals surface area contributed by atoms with E-state index in [0.29, 0.717) is 12.1 Å². The second-order valence-electron chi connectivity index (χ2n) is 4.96. The number of hydrogen-bond donors (Lipinski definition) is 1. The number of nitrogens with zero attached hydrogens (tertiary/aromatic N) is 2. The van der Waals surface area contributed by atoms with Crippen LogP contribution in [0.3, 0.4) is 0 Å². The zero-order valence-electron chi connectivity index (χ0n) is 10.8. The van der Waals surface area contributed by atoms with Gasteiger partial charge in [-0.15, -0.1) is 0 Å². The Kier molecular flexibility index (Phi) is 3.87. The minimum atomic E-state index is -2.97. The molecule has 106 valence electrons. The van der Waals surface area contributed by atoms with E-state index in [2.05, 4.69) is 10.4 Å². The number of hydrogen-bond acceptors (Lipinski definition) is 5. The van der Waals surface area contributed by atoms with E-state index in [1.807, 2.05) is 13.8 Å². The van der Waals surface area contributed by atoms with E-state index < -0.39 is 9.84 Å². The third-order valence-electron chi connectivity index (χ3n) is 3.02. The van der Waals surface area contributed by atoms with Crippen LogP contribution in [-0.4, -0.2) is 35.7 Å². The van der Waals surface area contributed by atoms with E-state index in [4.69, 9.17) is 11.6 Å². The molecule has 1 saturated heterocycles. The number of aromatic nitrogens is 2. The predicted octanol–water partition coefficient (Wildman–Crippen LogP) is 1.08. The molecule has 0 aliphatic carbocycles. The molecule has 1 N–H and O–H groups in total. The van der Waals surface area contributed by atoms with Crippen molar-refractivity contribution in [3.8, 4) is 0 Å². The Morgan fingerprint density at radius 3 is 2.74 bits per heavy atom. The SMILES string of the molecule is CC(C)n1ncc(NC2CCS(=O)(=O)C2)c(Cl)c1=O. The van der Waals surface area contributed by atoms with E-state index in [9.17, 15) is 13.2 Å². The lowest BCUT2D eigenvalue weighted by Crippen LogP contribution is -2.28. The Labute approximate surface area is 116 Å². The monoisotopic (exact) mass is 305 g/mol. The Morgan fingerprint density at radius 1 is 1.53 bits per heavy atom. The van der Waals surface area contributed by atoms with Gasteiger partial charge in [0.25, 0.3) is 5.56 Å². The van der Waals surface area contributed by atoms with Crippen LogP contribution in [0.4, 0.5) is 5.69 Å². The largest absolute Gasteiger partial charge is 0.379 e. The van der Waals surface area contributed by atoms with Gasteiger partial charge in [-0.2, -0.15) is 5.10 Å². The zero-order chi connectivity index (χ0) is 14.2. The van der Waals surface area contributed by atoms with Crippen molar-refractivity contribution in [1.29, 1.82) is 0 Å². The molecule has 0 saturated carbocycles. The van der Waals surface area contributed by atoms with Crippen molar-refractivity contribution in [3.05, 3.63) is 21.6 Å². The standard InChI is InChI=1S/C11H16ClN3O3S/c1-7(2)15-11(16)10(12)9(5-13-15)14-8-3-4-19(17,18)6-8/h5,7-8,14H,3-4,6H2,1-2H3. The van der Waals surface area contributed by atoms with Gasteiger partial charge in [-0.05, 0) is 20.3 Å². The Balaban J connectivity index is 2.23. The molecule has 0 aromatic carbocycles. The predicted molar refractivity (Wildman–Crippen MR) is 74.6 cm³/mol. The third-order valence-corrected chi connectivity index (χ3v) is 5.16. The Morgan fingerprint density at radius 2 is 2.21 bits per heavy atom. The summed E-state index contributed by atoms with van der Waals surface area (Å²) in [4.78, 5) is 11.9. The maximum Gasteiger partial charge on any atom is 0.287 e. The van der Waals surface area contributed by atoms with Gasteiger partial charge < -0.3 is 5.32 Å². The van der Waals surface area contributed by atoms with E-state index >= 15 is 0 Å². The first kappa shape index (κ1) is 14.3. The molecule has 0 bridgehead atoms. The molecule has 1 aliphatic rings. The second-order valence-corrected chi connectivity index (χ2v) is 7.57. The summed E-state index contributed by atoms with van der Waals surface area (Å²) in [5.74, 6) is 0.232. The van der Waals surface area contributed by atoms with Crippen molar-refractivity contribution in [3.63, 3.8) is 0 Å². The van der Waals surface area contributed by atoms with Gasteiger partial charge in [0.1, 0.15) is 5.02 Å². The van der Waals surface area contributed by atoms with E-state index in [-0.39, 0.29) is 34.2 Å². The Bertz CT molecular complexity index is 639. The van der Waals surface area contributed by atoms with Crippen LogP contribution in [0.1, 0.15) is 26.3 Å². The molecule has 6 nitrogen and oxygen atoms in total. The smallest absolute Gasteiger partial charge is 0.287 e. The summed E-state index contributed by atoms with van der Waals surface area (Å²) < 4.78 is 24.0. The minimum absolute atomic E-state index is 0.0491. The average molecular weight is 306 g/mol. The number of nitrogens with one attached hydrogen (secondary N) is 1. The Hall–Kier alpha value is -1.08. The van der Waals surface area contributed by atoms with Crippen LogP contribution >= 0.6 is 11.6 Å². The van der Waals surface area contributed by atoms with Crippen LogP contribution in [0, 0.1) is 0 Å². The molecule has 0 radical (unpaired) electrons. The lowest BCUT2D eigenvalue weighted by Gasteiger charge is -2.15. The van der Waals surface area contributed by atoms with Gasteiger partial charge in [-0.3, -0.25) is 4.79 Å². The molecule has 1 aromatic rings. The lowest BCUT2D eigenvalue weighted by molar-refractivity contribution is 0.503. The molecule has 1 fully saturated rings. The molecule has 0 spiro atoms. The normalized spacial score (nSPS) is 21.8. The first-order valence-electron chi connectivity index (χ1n) is 6.04. The molecule has 19 heavy (non-hydrogen) atoms. The summed E-state index contributed by atoms with van der Waals surface area (Å²) in [5.41, 5.74) is 0.0215. The summed E-state index contributed by atoms with van der Waals surface area (Å²) in [7, 11) is -2.97. The van der Waals surface area contributed by atoms with Gasteiger partial charge in [0.15, 0.2) is 9.84 Å². The molecule has 1 aliphatic heterocycles. The van der Waals surface area contributed by atoms with Gasteiger partial charge in [-0.1, -0.05) is 11.6 Å². The van der Waals surface area contributed by atoms with Crippen molar-refractivity contribution >= 4 is 27.1 Å². The summed E-state index contributed by atoms with van der Waals surface area (Å²) in [6.07, 6.45) is 1.99. The number of sulfone groups is 1. The van der Waals surface area contributed by atoms with E-state index in [0.717, 1.165) is 0 Å². The minimum Gasteiger partial charge on any atom is -0.379 e. The van der Waals surface area contributed by atoms with Crippen molar-refractivity contribution < 1.29 is 8.42 Å². The van der Waals surface area contributed by atoms with Crippen LogP contribution in [0.15, 0.2) is 11.0 Å². The fourth-order valence-electron chi connectivity index (χ4n) is 2.04.